The summed E-state index contributed by atoms with van der Waals surface area (Å²) in [5.74, 6) is 4.39. The van der Waals surface area contributed by atoms with Crippen molar-refractivity contribution in [3.05, 3.63) is 59.6 Å². The van der Waals surface area contributed by atoms with Gasteiger partial charge in [-0.2, -0.15) is 9.97 Å². The number of nitrogens with zero attached hydrogens (tertiary/aromatic N) is 3. The van der Waals surface area contributed by atoms with Gasteiger partial charge in [0.2, 0.25) is 11.7 Å². The van der Waals surface area contributed by atoms with E-state index in [1.165, 1.54) is 6.20 Å². The molecule has 32 heavy (non-hydrogen) atoms. The van der Waals surface area contributed by atoms with E-state index in [9.17, 15) is 14.7 Å². The van der Waals surface area contributed by atoms with Gasteiger partial charge in [-0.1, -0.05) is 35.5 Å². The first-order chi connectivity index (χ1) is 15.5. The third-order valence-corrected chi connectivity index (χ3v) is 4.85. The second-order valence-corrected chi connectivity index (χ2v) is 7.04. The average molecular weight is 434 g/mol. The van der Waals surface area contributed by atoms with Crippen LogP contribution in [-0.2, 0) is 21.6 Å². The Balaban J connectivity index is 1.26. The lowest BCUT2D eigenvalue weighted by Gasteiger charge is -2.05. The highest BCUT2D eigenvalue weighted by Crippen LogP contribution is 2.48. The number of aromatic nitrogens is 3. The van der Waals surface area contributed by atoms with Crippen LogP contribution in [0.5, 0.6) is 0 Å². The highest BCUT2D eigenvalue weighted by Gasteiger charge is 2.56. The van der Waals surface area contributed by atoms with Crippen LogP contribution in [0.15, 0.2) is 49.9 Å². The molecule has 1 saturated carbocycles. The molecule has 5 rings (SSSR count). The molecule has 0 radical (unpaired) electrons. The van der Waals surface area contributed by atoms with Crippen molar-refractivity contribution in [3.63, 3.8) is 0 Å². The summed E-state index contributed by atoms with van der Waals surface area (Å²) < 4.78 is 21.0. The van der Waals surface area contributed by atoms with Gasteiger partial charge in [0, 0.05) is 5.92 Å². The largest absolute Gasteiger partial charge is 0.480 e. The van der Waals surface area contributed by atoms with Crippen LogP contribution in [0.1, 0.15) is 35.9 Å². The Kier molecular flexibility index (Phi) is 4.59. The van der Waals surface area contributed by atoms with Crippen molar-refractivity contribution in [2.45, 2.75) is 24.9 Å². The lowest BCUT2D eigenvalue weighted by atomic mass is 10.1. The number of hydrogen-bond acceptors (Lipinski definition) is 9. The summed E-state index contributed by atoms with van der Waals surface area (Å²) in [4.78, 5) is 31.5. The summed E-state index contributed by atoms with van der Waals surface area (Å²) in [6, 6.07) is 9.22. The molecule has 11 nitrogen and oxygen atoms in total. The Hall–Kier alpha value is -4.59. The van der Waals surface area contributed by atoms with E-state index >= 15 is 0 Å². The van der Waals surface area contributed by atoms with E-state index in [0.29, 0.717) is 12.8 Å². The summed E-state index contributed by atoms with van der Waals surface area (Å²) in [6.45, 7) is 0.104. The maximum absolute atomic E-state index is 12.0. The summed E-state index contributed by atoms with van der Waals surface area (Å²) >= 11 is 0. The Morgan fingerprint density at radius 1 is 1.12 bits per heavy atom. The Labute approximate surface area is 179 Å². The number of fused-ring (bicyclic) bond motifs is 1. The number of carboxylic acid groups (broad SMARTS) is 1. The molecule has 0 spiro atoms. The molecule has 1 aliphatic carbocycles. The van der Waals surface area contributed by atoms with Crippen molar-refractivity contribution in [1.82, 2.24) is 15.1 Å². The average Bonchev–Trinajstić information content (AvgIpc) is 3.11. The van der Waals surface area contributed by atoms with Crippen LogP contribution >= 0.6 is 0 Å². The first kappa shape index (κ1) is 19.4. The van der Waals surface area contributed by atoms with Crippen LogP contribution in [0.25, 0.3) is 11.4 Å². The first-order valence-corrected chi connectivity index (χ1v) is 9.49. The van der Waals surface area contributed by atoms with Crippen LogP contribution in [0.3, 0.4) is 0 Å². The molecule has 4 aromatic rings. The molecule has 1 aliphatic rings. The Bertz CT molecular complexity index is 1340. The number of carbonyl (C=O) groups excluding carboxylic acids is 1. The van der Waals surface area contributed by atoms with E-state index in [-0.39, 0.29) is 41.3 Å². The molecule has 0 saturated heterocycles. The fraction of sp³-hybridized carbons (Fsp3) is 0.190. The van der Waals surface area contributed by atoms with Gasteiger partial charge in [0.25, 0.3) is 17.3 Å². The highest BCUT2D eigenvalue weighted by molar-refractivity contribution is 5.86. The van der Waals surface area contributed by atoms with Crippen molar-refractivity contribution < 1.29 is 32.8 Å². The standard InChI is InChI=1S/C21H14N4O7/c26-19(27)21(8-9-21)18-25-17-16(31-18)24-15(30-17)7-6-14-13(10-22-32-14)23-20(28)29-11-12-4-2-1-3-5-12/h1-5,10H,8-9,11H2,(H,23,28)(H,26,27). The van der Waals surface area contributed by atoms with Gasteiger partial charge >= 0.3 is 12.1 Å². The molecule has 0 bridgehead atoms. The number of carboxylic acids is 1. The van der Waals surface area contributed by atoms with E-state index in [2.05, 4.69) is 32.3 Å². The van der Waals surface area contributed by atoms with Crippen LogP contribution in [0, 0.1) is 11.8 Å². The minimum absolute atomic E-state index is 0.0213. The number of benzene rings is 1. The minimum atomic E-state index is -1.09. The third-order valence-electron chi connectivity index (χ3n) is 4.85. The molecule has 0 unspecified atom stereocenters. The zero-order chi connectivity index (χ0) is 22.1. The molecule has 0 atom stereocenters. The topological polar surface area (TPSA) is 154 Å². The predicted octanol–water partition coefficient (Wildman–Crippen LogP) is 3.07. The zero-order valence-corrected chi connectivity index (χ0v) is 16.3. The van der Waals surface area contributed by atoms with Gasteiger partial charge in [0.05, 0.1) is 6.20 Å². The number of amides is 1. The van der Waals surface area contributed by atoms with E-state index in [1.54, 1.807) is 0 Å². The summed E-state index contributed by atoms with van der Waals surface area (Å²) in [5, 5.41) is 15.4. The fourth-order valence-corrected chi connectivity index (χ4v) is 2.94. The molecule has 3 aromatic heterocycles. The van der Waals surface area contributed by atoms with Crippen molar-refractivity contribution >= 4 is 29.2 Å². The van der Waals surface area contributed by atoms with E-state index in [1.807, 2.05) is 30.3 Å². The van der Waals surface area contributed by atoms with Gasteiger partial charge in [-0.05, 0) is 24.3 Å². The normalized spacial score (nSPS) is 13.9. The van der Waals surface area contributed by atoms with Crippen molar-refractivity contribution in [3.8, 4) is 11.8 Å². The molecule has 1 amide bonds. The molecule has 1 aromatic carbocycles. The van der Waals surface area contributed by atoms with E-state index in [4.69, 9.17) is 18.1 Å². The minimum Gasteiger partial charge on any atom is -0.480 e. The molecule has 160 valence electrons. The predicted molar refractivity (Wildman–Crippen MR) is 105 cm³/mol. The molecule has 3 heterocycles. The number of aliphatic carboxylic acids is 1. The Morgan fingerprint density at radius 2 is 1.91 bits per heavy atom. The fourth-order valence-electron chi connectivity index (χ4n) is 2.94. The van der Waals surface area contributed by atoms with E-state index in [0.717, 1.165) is 5.56 Å². The van der Waals surface area contributed by atoms with Crippen LogP contribution in [-0.4, -0.2) is 32.3 Å². The number of hydrogen-bond donors (Lipinski definition) is 2. The number of ether oxygens (including phenoxy) is 1. The first-order valence-electron chi connectivity index (χ1n) is 9.49. The second-order valence-electron chi connectivity index (χ2n) is 7.04. The van der Waals surface area contributed by atoms with Crippen LogP contribution in [0.2, 0.25) is 0 Å². The van der Waals surface area contributed by atoms with Crippen molar-refractivity contribution in [1.29, 1.82) is 0 Å². The second kappa shape index (κ2) is 7.59. The summed E-state index contributed by atoms with van der Waals surface area (Å²) in [5.41, 5.74) is 0.0663. The third kappa shape index (κ3) is 3.65. The number of rotatable bonds is 5. The number of nitrogens with one attached hydrogen (secondary N) is 1. The van der Waals surface area contributed by atoms with Gasteiger partial charge in [-0.25, -0.2) is 4.79 Å². The molecule has 2 N–H and O–H groups in total. The number of oxazole rings is 2. The van der Waals surface area contributed by atoms with E-state index < -0.39 is 17.5 Å². The highest BCUT2D eigenvalue weighted by atomic mass is 16.5. The maximum Gasteiger partial charge on any atom is 0.412 e. The quantitative estimate of drug-likeness (QED) is 0.448. The van der Waals surface area contributed by atoms with Gasteiger partial charge in [0.15, 0.2) is 0 Å². The maximum atomic E-state index is 12.0. The zero-order valence-electron chi connectivity index (χ0n) is 16.3. The number of carbonyl (C=O) groups is 2. The Morgan fingerprint density at radius 3 is 2.62 bits per heavy atom. The molecule has 0 aliphatic heterocycles. The number of anilines is 1. The van der Waals surface area contributed by atoms with Gasteiger partial charge in [-0.15, -0.1) is 0 Å². The van der Waals surface area contributed by atoms with Gasteiger partial charge in [-0.3, -0.25) is 10.1 Å². The lowest BCUT2D eigenvalue weighted by molar-refractivity contribution is -0.140. The summed E-state index contributed by atoms with van der Waals surface area (Å²) in [7, 11) is 0. The monoisotopic (exact) mass is 434 g/mol. The van der Waals surface area contributed by atoms with Crippen molar-refractivity contribution in [2.75, 3.05) is 5.32 Å². The van der Waals surface area contributed by atoms with Gasteiger partial charge < -0.3 is 23.2 Å². The van der Waals surface area contributed by atoms with Gasteiger partial charge in [0.1, 0.15) is 17.7 Å². The van der Waals surface area contributed by atoms with Crippen LogP contribution < -0.4 is 5.32 Å². The SMILES string of the molecule is O=C(Nc1cnoc1C#Cc1nc2oc(C3(C(=O)O)CC3)nc2o1)OCc1ccccc1. The smallest absolute Gasteiger partial charge is 0.412 e. The molecular weight excluding hydrogens is 420 g/mol. The summed E-state index contributed by atoms with van der Waals surface area (Å²) in [6.07, 6.45) is 1.49. The van der Waals surface area contributed by atoms with Crippen LogP contribution in [0.4, 0.5) is 10.5 Å². The lowest BCUT2D eigenvalue weighted by Crippen LogP contribution is -2.19. The molecular formula is C21H14N4O7. The molecule has 1 fully saturated rings. The van der Waals surface area contributed by atoms with Crippen molar-refractivity contribution in [2.24, 2.45) is 0 Å². The molecule has 11 heteroatoms.